The number of carbonyl (C=O) groups excluding carboxylic acids is 2. The molecule has 4 atom stereocenters. The Hall–Kier alpha value is -1.92. The van der Waals surface area contributed by atoms with E-state index >= 15 is 0 Å². The minimum atomic E-state index is -4.02. The lowest BCUT2D eigenvalue weighted by Gasteiger charge is -2.29. The highest BCUT2D eigenvalue weighted by atomic mass is 32.2. The summed E-state index contributed by atoms with van der Waals surface area (Å²) < 4.78 is 47.5. The van der Waals surface area contributed by atoms with Crippen molar-refractivity contribution in [3.05, 3.63) is 29.8 Å². The van der Waals surface area contributed by atoms with Gasteiger partial charge in [-0.15, -0.1) is 0 Å². The van der Waals surface area contributed by atoms with E-state index in [1.54, 1.807) is 32.9 Å². The number of nitrogens with two attached hydrogens (primary N) is 2. The van der Waals surface area contributed by atoms with Crippen molar-refractivity contribution in [2.75, 3.05) is 6.67 Å². The van der Waals surface area contributed by atoms with Crippen LogP contribution in [0.1, 0.15) is 46.6 Å². The smallest absolute Gasteiger partial charge is 0.324 e. The number of alkyl halides is 1. The van der Waals surface area contributed by atoms with Crippen LogP contribution in [0.4, 0.5) is 4.39 Å². The maximum atomic E-state index is 12.8. The second kappa shape index (κ2) is 13.1. The van der Waals surface area contributed by atoms with Crippen molar-refractivity contribution in [3.8, 4) is 0 Å². The van der Waals surface area contributed by atoms with E-state index in [1.807, 2.05) is 20.8 Å². The number of aliphatic hydroxyl groups is 1. The summed E-state index contributed by atoms with van der Waals surface area (Å²) in [6, 6.07) is 3.61. The van der Waals surface area contributed by atoms with Crippen LogP contribution in [0, 0.1) is 18.8 Å². The highest BCUT2D eigenvalue weighted by Gasteiger charge is 2.40. The van der Waals surface area contributed by atoms with Crippen LogP contribution in [0.25, 0.3) is 0 Å². The number of rotatable bonds is 9. The number of aryl methyl sites for hydroxylation is 1. The Morgan fingerprint density at radius 3 is 1.97 bits per heavy atom. The lowest BCUT2D eigenvalue weighted by molar-refractivity contribution is -0.161. The zero-order chi connectivity index (χ0) is 26.1. The Labute approximate surface area is 195 Å². The number of halogens is 1. The number of benzene rings is 1. The summed E-state index contributed by atoms with van der Waals surface area (Å²) in [5, 5.41) is 9.75. The maximum Gasteiger partial charge on any atom is 0.324 e. The summed E-state index contributed by atoms with van der Waals surface area (Å²) in [5.41, 5.74) is 11.7. The van der Waals surface area contributed by atoms with E-state index < -0.39 is 58.3 Å². The Kier molecular flexibility index (Phi) is 12.3. The first-order chi connectivity index (χ1) is 14.9. The van der Waals surface area contributed by atoms with Crippen LogP contribution in [0.2, 0.25) is 0 Å². The van der Waals surface area contributed by atoms with Crippen LogP contribution in [-0.2, 0) is 24.4 Å². The van der Waals surface area contributed by atoms with Crippen molar-refractivity contribution in [1.82, 2.24) is 0 Å². The van der Waals surface area contributed by atoms with Gasteiger partial charge < -0.3 is 21.3 Å². The van der Waals surface area contributed by atoms with E-state index in [0.717, 1.165) is 5.56 Å². The van der Waals surface area contributed by atoms with E-state index in [0.29, 0.717) is 6.42 Å². The topological polar surface area (TPSA) is 170 Å². The summed E-state index contributed by atoms with van der Waals surface area (Å²) in [6.07, 6.45) is -1.33. The molecule has 0 aromatic heterocycles. The van der Waals surface area contributed by atoms with Gasteiger partial charge in [0.1, 0.15) is 18.3 Å². The standard InChI is InChI=1S/C15H29FN2O4.C7H8O3S/c1-8(2)6-9(17)13(20)11(10(19)7-16)12(18)14(21)22-15(3,4)5;1-6-2-4-7(5-3-6)11(8,9)10/h8-12,19H,6-7,17-18H2,1-5H3;2-5H,1H3,(H,8,9,10)/t9-,10?,11?,12?;/m0./s1. The molecule has 0 bridgehead atoms. The van der Waals surface area contributed by atoms with Gasteiger partial charge in [-0.3, -0.25) is 14.1 Å². The molecule has 11 heteroatoms. The van der Waals surface area contributed by atoms with Crippen molar-refractivity contribution in [2.24, 2.45) is 23.3 Å². The van der Waals surface area contributed by atoms with Gasteiger partial charge in [0.2, 0.25) is 0 Å². The van der Waals surface area contributed by atoms with Gasteiger partial charge in [-0.05, 0) is 52.2 Å². The highest BCUT2D eigenvalue weighted by molar-refractivity contribution is 7.85. The SMILES string of the molecule is CC(C)C[C@H](N)C(=O)C(C(O)CF)C(N)C(=O)OC(C)(C)C.Cc1ccc(S(=O)(=O)O)cc1. The van der Waals surface area contributed by atoms with Crippen molar-refractivity contribution in [1.29, 1.82) is 0 Å². The van der Waals surface area contributed by atoms with Gasteiger partial charge >= 0.3 is 5.97 Å². The van der Waals surface area contributed by atoms with Gasteiger partial charge in [-0.1, -0.05) is 31.5 Å². The van der Waals surface area contributed by atoms with Crippen LogP contribution < -0.4 is 11.5 Å². The van der Waals surface area contributed by atoms with Crippen molar-refractivity contribution < 1.29 is 36.8 Å². The molecule has 0 radical (unpaired) electrons. The van der Waals surface area contributed by atoms with Gasteiger partial charge in [-0.2, -0.15) is 8.42 Å². The third-order valence-corrected chi connectivity index (χ3v) is 5.24. The number of ether oxygens (including phenoxy) is 1. The number of hydrogen-bond donors (Lipinski definition) is 4. The van der Waals surface area contributed by atoms with Crippen LogP contribution >= 0.6 is 0 Å². The van der Waals surface area contributed by atoms with Crippen LogP contribution in [0.5, 0.6) is 0 Å². The number of aliphatic hydroxyl groups excluding tert-OH is 1. The minimum absolute atomic E-state index is 0.0666. The zero-order valence-corrected chi connectivity index (χ0v) is 20.8. The van der Waals surface area contributed by atoms with Crippen LogP contribution in [0.3, 0.4) is 0 Å². The second-order valence-electron chi connectivity index (χ2n) is 9.23. The van der Waals surface area contributed by atoms with Crippen LogP contribution in [0.15, 0.2) is 29.2 Å². The number of hydrogen-bond acceptors (Lipinski definition) is 8. The fraction of sp³-hybridized carbons (Fsp3) is 0.636. The molecule has 0 saturated heterocycles. The third-order valence-electron chi connectivity index (χ3n) is 4.38. The Balaban J connectivity index is 0.000000771. The quantitative estimate of drug-likeness (QED) is 0.296. The first-order valence-electron chi connectivity index (χ1n) is 10.5. The largest absolute Gasteiger partial charge is 0.459 e. The van der Waals surface area contributed by atoms with Crippen LogP contribution in [-0.4, -0.2) is 60.3 Å². The molecule has 0 aliphatic rings. The monoisotopic (exact) mass is 492 g/mol. The fourth-order valence-electron chi connectivity index (χ4n) is 2.80. The first-order valence-corrected chi connectivity index (χ1v) is 11.9. The Morgan fingerprint density at radius 2 is 1.61 bits per heavy atom. The predicted molar refractivity (Wildman–Crippen MR) is 123 cm³/mol. The molecular weight excluding hydrogens is 455 g/mol. The lowest BCUT2D eigenvalue weighted by atomic mass is 9.84. The number of Topliss-reactive ketones (excluding diaryl/α,β-unsaturated/α-hetero) is 1. The van der Waals surface area contributed by atoms with E-state index in [2.05, 4.69) is 0 Å². The molecule has 0 fully saturated rings. The minimum Gasteiger partial charge on any atom is -0.459 e. The van der Waals surface area contributed by atoms with Crippen molar-refractivity contribution in [3.63, 3.8) is 0 Å². The van der Waals surface area contributed by atoms with Gasteiger partial charge in [0.15, 0.2) is 5.78 Å². The van der Waals surface area contributed by atoms with Gasteiger partial charge in [-0.25, -0.2) is 4.39 Å². The van der Waals surface area contributed by atoms with E-state index in [-0.39, 0.29) is 10.8 Å². The molecule has 0 aliphatic carbocycles. The highest BCUT2D eigenvalue weighted by Crippen LogP contribution is 2.19. The molecule has 1 rings (SSSR count). The number of esters is 1. The van der Waals surface area contributed by atoms with E-state index in [4.69, 9.17) is 20.8 Å². The normalized spacial score (nSPS) is 15.6. The predicted octanol–water partition coefficient (Wildman–Crippen LogP) is 1.79. The average Bonchev–Trinajstić information content (AvgIpc) is 2.66. The summed E-state index contributed by atoms with van der Waals surface area (Å²) in [4.78, 5) is 24.3. The first kappa shape index (κ1) is 31.1. The summed E-state index contributed by atoms with van der Waals surface area (Å²) in [7, 11) is -4.02. The lowest BCUT2D eigenvalue weighted by Crippen LogP contribution is -2.54. The molecule has 6 N–H and O–H groups in total. The molecule has 0 amide bonds. The molecule has 190 valence electrons. The molecule has 3 unspecified atom stereocenters. The van der Waals surface area contributed by atoms with Crippen molar-refractivity contribution in [2.45, 2.75) is 76.6 Å². The molecule has 33 heavy (non-hydrogen) atoms. The molecule has 1 aromatic rings. The number of carbonyl (C=O) groups is 2. The average molecular weight is 493 g/mol. The molecule has 1 aromatic carbocycles. The van der Waals surface area contributed by atoms with Gasteiger partial charge in [0.25, 0.3) is 10.1 Å². The molecule has 0 spiro atoms. The van der Waals surface area contributed by atoms with Gasteiger partial charge in [0.05, 0.1) is 23.0 Å². The number of ketones is 1. The summed E-state index contributed by atoms with van der Waals surface area (Å²) in [5.74, 6) is -2.78. The maximum absolute atomic E-state index is 12.8. The molecule has 0 aliphatic heterocycles. The Morgan fingerprint density at radius 1 is 1.12 bits per heavy atom. The molecule has 9 nitrogen and oxygen atoms in total. The molecule has 0 saturated carbocycles. The third kappa shape index (κ3) is 11.7. The summed E-state index contributed by atoms with van der Waals surface area (Å²) in [6.45, 7) is 9.33. The zero-order valence-electron chi connectivity index (χ0n) is 20.0. The van der Waals surface area contributed by atoms with E-state index in [1.165, 1.54) is 12.1 Å². The van der Waals surface area contributed by atoms with Gasteiger partial charge in [0, 0.05) is 0 Å². The fourth-order valence-corrected chi connectivity index (χ4v) is 3.28. The summed E-state index contributed by atoms with van der Waals surface area (Å²) >= 11 is 0. The van der Waals surface area contributed by atoms with Crippen molar-refractivity contribution >= 4 is 21.9 Å². The molecule has 0 heterocycles. The van der Waals surface area contributed by atoms with E-state index in [9.17, 15) is 27.5 Å². The molecular formula is C22H37FN2O7S. The Bertz CT molecular complexity index is 868. The second-order valence-corrected chi connectivity index (χ2v) is 10.7.